The lowest BCUT2D eigenvalue weighted by atomic mass is 9.93. The first kappa shape index (κ1) is 16.7. The highest BCUT2D eigenvalue weighted by atomic mass is 19.1. The van der Waals surface area contributed by atoms with Gasteiger partial charge in [-0.25, -0.2) is 23.1 Å². The molecule has 2 aliphatic rings. The summed E-state index contributed by atoms with van der Waals surface area (Å²) in [6, 6.07) is -0.354. The van der Waals surface area contributed by atoms with Gasteiger partial charge in [-0.3, -0.25) is 4.57 Å². The van der Waals surface area contributed by atoms with Crippen molar-refractivity contribution >= 4 is 28.7 Å². The molecule has 1 aromatic carbocycles. The van der Waals surface area contributed by atoms with E-state index >= 15 is 0 Å². The van der Waals surface area contributed by atoms with Crippen LogP contribution in [0.1, 0.15) is 43.6 Å². The van der Waals surface area contributed by atoms with Gasteiger partial charge >= 0.3 is 0 Å². The SMILES string of the molecule is [2H]C1([2H])OCC(n2c(Nc3c(F)cc(F)cc3F)nc3cnc(NC4CCC(O)CC4)nc32)C1([2H])[2H]. The lowest BCUT2D eigenvalue weighted by molar-refractivity contribution is 0.126. The summed E-state index contributed by atoms with van der Waals surface area (Å²) in [6.07, 6.45) is 1.04. The number of aliphatic hydroxyl groups is 1. The minimum atomic E-state index is -2.66. The second kappa shape index (κ2) is 8.55. The van der Waals surface area contributed by atoms with E-state index in [1.165, 1.54) is 10.8 Å². The largest absolute Gasteiger partial charge is 0.393 e. The molecule has 1 unspecified atom stereocenters. The zero-order valence-electron chi connectivity index (χ0n) is 20.8. The van der Waals surface area contributed by atoms with Crippen molar-refractivity contribution in [1.82, 2.24) is 19.5 Å². The highest BCUT2D eigenvalue weighted by Gasteiger charge is 2.27. The molecule has 3 heterocycles. The van der Waals surface area contributed by atoms with Gasteiger partial charge in [0.05, 0.1) is 27.7 Å². The fourth-order valence-electron chi connectivity index (χ4n) is 3.93. The molecule has 0 amide bonds. The van der Waals surface area contributed by atoms with Gasteiger partial charge in [0, 0.05) is 27.5 Å². The number of nitrogens with one attached hydrogen (secondary N) is 2. The molecule has 1 aliphatic heterocycles. The van der Waals surface area contributed by atoms with Crippen molar-refractivity contribution in [2.24, 2.45) is 0 Å². The highest BCUT2D eigenvalue weighted by Crippen LogP contribution is 2.32. The van der Waals surface area contributed by atoms with E-state index in [1.807, 2.05) is 0 Å². The first-order valence-electron chi connectivity index (χ1n) is 12.2. The Balaban J connectivity index is 1.59. The monoisotopic (exact) mass is 452 g/mol. The van der Waals surface area contributed by atoms with Crippen LogP contribution < -0.4 is 10.6 Å². The third-order valence-corrected chi connectivity index (χ3v) is 5.56. The molecule has 2 aromatic heterocycles. The smallest absolute Gasteiger partial charge is 0.224 e. The number of benzene rings is 1. The van der Waals surface area contributed by atoms with Crippen LogP contribution in [0.5, 0.6) is 0 Å². The Labute approximate surface area is 187 Å². The van der Waals surface area contributed by atoms with Gasteiger partial charge in [0.25, 0.3) is 0 Å². The minimum absolute atomic E-state index is 0.00221. The first-order valence-corrected chi connectivity index (χ1v) is 10.2. The number of aliphatic hydroxyl groups excluding tert-OH is 1. The first-order chi connectivity index (χ1) is 17.0. The number of aromatic nitrogens is 4. The maximum atomic E-state index is 14.4. The van der Waals surface area contributed by atoms with Gasteiger partial charge in [-0.15, -0.1) is 0 Å². The molecule has 32 heavy (non-hydrogen) atoms. The summed E-state index contributed by atoms with van der Waals surface area (Å²) in [5, 5.41) is 15.4. The van der Waals surface area contributed by atoms with Crippen LogP contribution in [0.2, 0.25) is 0 Å². The lowest BCUT2D eigenvalue weighted by Gasteiger charge is -2.26. The highest BCUT2D eigenvalue weighted by molar-refractivity contribution is 5.76. The van der Waals surface area contributed by atoms with Crippen LogP contribution in [0.4, 0.5) is 30.8 Å². The van der Waals surface area contributed by atoms with Crippen molar-refractivity contribution < 1.29 is 28.5 Å². The molecule has 3 aromatic rings. The van der Waals surface area contributed by atoms with Gasteiger partial charge in [-0.1, -0.05) is 0 Å². The summed E-state index contributed by atoms with van der Waals surface area (Å²) in [5.74, 6) is -3.65. The Kier molecular flexibility index (Phi) is 4.45. The Morgan fingerprint density at radius 1 is 1.12 bits per heavy atom. The molecule has 1 saturated carbocycles. The van der Waals surface area contributed by atoms with E-state index in [2.05, 4.69) is 25.6 Å². The van der Waals surface area contributed by atoms with Gasteiger partial charge in [0.1, 0.15) is 17.0 Å². The molecule has 0 bridgehead atoms. The number of rotatable bonds is 5. The molecule has 1 atom stereocenters. The van der Waals surface area contributed by atoms with Crippen molar-refractivity contribution in [3.8, 4) is 0 Å². The van der Waals surface area contributed by atoms with Crippen molar-refractivity contribution in [2.75, 3.05) is 23.8 Å². The van der Waals surface area contributed by atoms with Crippen LogP contribution >= 0.6 is 0 Å². The van der Waals surface area contributed by atoms with Gasteiger partial charge in [0.2, 0.25) is 11.9 Å². The van der Waals surface area contributed by atoms with Crippen LogP contribution in [0.25, 0.3) is 11.2 Å². The van der Waals surface area contributed by atoms with E-state index in [0.717, 1.165) is 0 Å². The second-order valence-electron chi connectivity index (χ2n) is 7.80. The predicted octanol–water partition coefficient (Wildman–Crippen LogP) is 3.66. The molecule has 3 N–H and O–H groups in total. The van der Waals surface area contributed by atoms with E-state index in [-0.39, 0.29) is 35.2 Å². The van der Waals surface area contributed by atoms with Crippen molar-refractivity contribution in [3.05, 3.63) is 35.8 Å². The van der Waals surface area contributed by atoms with Gasteiger partial charge in [0.15, 0.2) is 17.3 Å². The maximum absolute atomic E-state index is 14.4. The number of hydrogen-bond donors (Lipinski definition) is 3. The second-order valence-corrected chi connectivity index (χ2v) is 7.80. The molecule has 1 saturated heterocycles. The van der Waals surface area contributed by atoms with Crippen LogP contribution in [-0.4, -0.2) is 49.9 Å². The Bertz CT molecular complexity index is 1280. The van der Waals surface area contributed by atoms with Gasteiger partial charge in [-0.05, 0) is 32.1 Å². The number of halogens is 3. The van der Waals surface area contributed by atoms with Crippen LogP contribution in [-0.2, 0) is 4.74 Å². The van der Waals surface area contributed by atoms with Crippen LogP contribution in [0.15, 0.2) is 18.3 Å². The predicted molar refractivity (Wildman–Crippen MR) is 111 cm³/mol. The number of fused-ring (bicyclic) bond motifs is 1. The molecule has 1 aliphatic carbocycles. The quantitative estimate of drug-likeness (QED) is 0.544. The molecular formula is C21H23F3N6O2. The summed E-state index contributed by atoms with van der Waals surface area (Å²) in [7, 11) is 0. The van der Waals surface area contributed by atoms with E-state index < -0.39 is 48.7 Å². The molecule has 2 fully saturated rings. The number of anilines is 3. The zero-order valence-corrected chi connectivity index (χ0v) is 16.8. The van der Waals surface area contributed by atoms with Crippen molar-refractivity contribution in [3.63, 3.8) is 0 Å². The molecule has 11 heteroatoms. The van der Waals surface area contributed by atoms with Crippen molar-refractivity contribution in [2.45, 2.75) is 50.2 Å². The molecule has 0 spiro atoms. The molecule has 8 nitrogen and oxygen atoms in total. The Hall–Kier alpha value is -2.92. The average Bonchev–Trinajstić information content (AvgIpc) is 3.24. The Morgan fingerprint density at radius 3 is 2.56 bits per heavy atom. The number of hydrogen-bond acceptors (Lipinski definition) is 7. The third-order valence-electron chi connectivity index (χ3n) is 5.56. The standard InChI is InChI=1S/C21H23F3N6O2/c22-11-7-15(23)18(16(24)8-11)28-21-27-17-9-25-20(26-12-1-3-14(31)4-2-12)29-19(17)30(21)13-5-6-32-10-13/h7-9,12-14,31H,1-6,10H2,(H,27,28)(H,25,26,29)/i5D2,6D2. The van der Waals surface area contributed by atoms with E-state index in [1.54, 1.807) is 0 Å². The number of nitrogens with zero attached hydrogens (tertiary/aromatic N) is 4. The fraction of sp³-hybridized carbons (Fsp3) is 0.476. The van der Waals surface area contributed by atoms with E-state index in [9.17, 15) is 18.3 Å². The molecular weight excluding hydrogens is 425 g/mol. The van der Waals surface area contributed by atoms with Crippen LogP contribution in [0.3, 0.4) is 0 Å². The summed E-state index contributed by atoms with van der Waals surface area (Å²) < 4.78 is 81.1. The lowest BCUT2D eigenvalue weighted by Crippen LogP contribution is -2.29. The van der Waals surface area contributed by atoms with E-state index in [4.69, 9.17) is 10.2 Å². The topological polar surface area (TPSA) is 97.1 Å². The van der Waals surface area contributed by atoms with Crippen LogP contribution in [0, 0.1) is 17.5 Å². The summed E-state index contributed by atoms with van der Waals surface area (Å²) in [5.41, 5.74) is -0.500. The Morgan fingerprint density at radius 2 is 1.88 bits per heavy atom. The van der Waals surface area contributed by atoms with Crippen molar-refractivity contribution in [1.29, 1.82) is 0 Å². The van der Waals surface area contributed by atoms with Gasteiger partial charge < -0.3 is 20.5 Å². The fourth-order valence-corrected chi connectivity index (χ4v) is 3.93. The summed E-state index contributed by atoms with van der Waals surface area (Å²) in [6.45, 7) is -3.07. The number of imidazole rings is 1. The number of ether oxygens (including phenoxy) is 1. The van der Waals surface area contributed by atoms with E-state index in [0.29, 0.717) is 37.8 Å². The maximum Gasteiger partial charge on any atom is 0.224 e. The average molecular weight is 452 g/mol. The zero-order chi connectivity index (χ0) is 25.8. The third kappa shape index (κ3) is 4.09. The minimum Gasteiger partial charge on any atom is -0.393 e. The summed E-state index contributed by atoms with van der Waals surface area (Å²) >= 11 is 0. The van der Waals surface area contributed by atoms with Gasteiger partial charge in [-0.2, -0.15) is 4.98 Å². The molecule has 0 radical (unpaired) electrons. The molecule has 5 rings (SSSR count). The molecule has 170 valence electrons. The normalized spacial score (nSPS) is 28.6. The summed E-state index contributed by atoms with van der Waals surface area (Å²) in [4.78, 5) is 12.9.